The highest BCUT2D eigenvalue weighted by molar-refractivity contribution is 5.78. The van der Waals surface area contributed by atoms with Gasteiger partial charge in [-0.25, -0.2) is 0 Å². The SMILES string of the molecule is Cc1cccc(NC2CCN(C(=O)CN)CC2)c1. The first-order valence-electron chi connectivity index (χ1n) is 6.50. The molecule has 1 aromatic rings. The van der Waals surface area contributed by atoms with Gasteiger partial charge >= 0.3 is 0 Å². The van der Waals surface area contributed by atoms with Crippen LogP contribution in [0.1, 0.15) is 18.4 Å². The molecule has 98 valence electrons. The number of carbonyl (C=O) groups is 1. The van der Waals surface area contributed by atoms with Crippen LogP contribution in [0.5, 0.6) is 0 Å². The Labute approximate surface area is 108 Å². The minimum absolute atomic E-state index is 0.0593. The maximum Gasteiger partial charge on any atom is 0.236 e. The molecule has 4 heteroatoms. The van der Waals surface area contributed by atoms with Gasteiger partial charge in [-0.3, -0.25) is 4.79 Å². The van der Waals surface area contributed by atoms with Gasteiger partial charge in [0.25, 0.3) is 0 Å². The van der Waals surface area contributed by atoms with E-state index in [1.54, 1.807) is 0 Å². The Morgan fingerprint density at radius 1 is 1.44 bits per heavy atom. The smallest absolute Gasteiger partial charge is 0.236 e. The van der Waals surface area contributed by atoms with E-state index in [1.165, 1.54) is 11.3 Å². The van der Waals surface area contributed by atoms with Gasteiger partial charge in [-0.15, -0.1) is 0 Å². The van der Waals surface area contributed by atoms with Gasteiger partial charge in [-0.2, -0.15) is 0 Å². The van der Waals surface area contributed by atoms with Crippen molar-refractivity contribution in [3.8, 4) is 0 Å². The lowest BCUT2D eigenvalue weighted by molar-refractivity contribution is -0.130. The minimum atomic E-state index is 0.0593. The predicted octanol–water partition coefficient (Wildman–Crippen LogP) is 1.36. The predicted molar refractivity (Wildman–Crippen MR) is 73.5 cm³/mol. The number of nitrogens with zero attached hydrogens (tertiary/aromatic N) is 1. The van der Waals surface area contributed by atoms with Crippen molar-refractivity contribution < 1.29 is 4.79 Å². The number of benzene rings is 1. The molecule has 2 rings (SSSR count). The number of aryl methyl sites for hydroxylation is 1. The second kappa shape index (κ2) is 5.87. The number of piperidine rings is 1. The maximum atomic E-state index is 11.5. The van der Waals surface area contributed by atoms with E-state index in [-0.39, 0.29) is 12.5 Å². The number of amides is 1. The number of likely N-dealkylation sites (tertiary alicyclic amines) is 1. The van der Waals surface area contributed by atoms with Crippen molar-refractivity contribution >= 4 is 11.6 Å². The standard InChI is InChI=1S/C14H21N3O/c1-11-3-2-4-13(9-11)16-12-5-7-17(8-6-12)14(18)10-15/h2-4,9,12,16H,5-8,10,15H2,1H3. The first-order chi connectivity index (χ1) is 8.69. The van der Waals surface area contributed by atoms with Gasteiger partial charge < -0.3 is 16.0 Å². The number of rotatable bonds is 3. The highest BCUT2D eigenvalue weighted by atomic mass is 16.2. The second-order valence-electron chi connectivity index (χ2n) is 4.87. The van der Waals surface area contributed by atoms with Crippen LogP contribution in [-0.2, 0) is 4.79 Å². The third-order valence-electron chi connectivity index (χ3n) is 3.41. The van der Waals surface area contributed by atoms with Gasteiger partial charge in [0.15, 0.2) is 0 Å². The molecular weight excluding hydrogens is 226 g/mol. The zero-order chi connectivity index (χ0) is 13.0. The third kappa shape index (κ3) is 3.23. The molecule has 1 aliphatic rings. The molecular formula is C14H21N3O. The summed E-state index contributed by atoms with van der Waals surface area (Å²) in [5.41, 5.74) is 7.80. The lowest BCUT2D eigenvalue weighted by atomic mass is 10.0. The molecule has 0 unspecified atom stereocenters. The van der Waals surface area contributed by atoms with Crippen molar-refractivity contribution in [1.82, 2.24) is 4.90 Å². The van der Waals surface area contributed by atoms with Crippen LogP contribution in [0.4, 0.5) is 5.69 Å². The summed E-state index contributed by atoms with van der Waals surface area (Å²) in [6.45, 7) is 3.82. The van der Waals surface area contributed by atoms with Crippen molar-refractivity contribution in [3.63, 3.8) is 0 Å². The summed E-state index contributed by atoms with van der Waals surface area (Å²) in [5, 5.41) is 3.53. The summed E-state index contributed by atoms with van der Waals surface area (Å²) < 4.78 is 0. The number of anilines is 1. The van der Waals surface area contributed by atoms with E-state index in [1.807, 2.05) is 4.90 Å². The van der Waals surface area contributed by atoms with Crippen molar-refractivity contribution in [2.45, 2.75) is 25.8 Å². The molecule has 1 aromatic carbocycles. The highest BCUT2D eigenvalue weighted by Crippen LogP contribution is 2.17. The van der Waals surface area contributed by atoms with Gasteiger partial charge in [0, 0.05) is 24.8 Å². The molecule has 0 bridgehead atoms. The van der Waals surface area contributed by atoms with E-state index in [0.29, 0.717) is 6.04 Å². The van der Waals surface area contributed by atoms with Crippen LogP contribution in [-0.4, -0.2) is 36.5 Å². The minimum Gasteiger partial charge on any atom is -0.382 e. The lowest BCUT2D eigenvalue weighted by Crippen LogP contribution is -2.44. The number of nitrogens with one attached hydrogen (secondary N) is 1. The molecule has 0 aliphatic carbocycles. The van der Waals surface area contributed by atoms with Gasteiger partial charge in [0.1, 0.15) is 0 Å². The fourth-order valence-electron chi connectivity index (χ4n) is 2.37. The summed E-state index contributed by atoms with van der Waals surface area (Å²) in [6, 6.07) is 8.84. The molecule has 1 saturated heterocycles. The van der Waals surface area contributed by atoms with Crippen molar-refractivity contribution in [1.29, 1.82) is 0 Å². The average Bonchev–Trinajstić information content (AvgIpc) is 2.39. The normalized spacial score (nSPS) is 16.7. The molecule has 0 atom stereocenters. The van der Waals surface area contributed by atoms with Crippen molar-refractivity contribution in [2.75, 3.05) is 25.0 Å². The molecule has 0 radical (unpaired) electrons. The van der Waals surface area contributed by atoms with Crippen molar-refractivity contribution in [2.24, 2.45) is 5.73 Å². The fraction of sp³-hybridized carbons (Fsp3) is 0.500. The number of carbonyl (C=O) groups excluding carboxylic acids is 1. The van der Waals surface area contributed by atoms with E-state index in [0.717, 1.165) is 25.9 Å². The van der Waals surface area contributed by atoms with Crippen molar-refractivity contribution in [3.05, 3.63) is 29.8 Å². The molecule has 1 fully saturated rings. The Hall–Kier alpha value is -1.55. The van der Waals surface area contributed by atoms with Crippen LogP contribution in [0, 0.1) is 6.92 Å². The zero-order valence-corrected chi connectivity index (χ0v) is 10.9. The van der Waals surface area contributed by atoms with Gasteiger partial charge in [0.2, 0.25) is 5.91 Å². The Morgan fingerprint density at radius 3 is 2.78 bits per heavy atom. The summed E-state index contributed by atoms with van der Waals surface area (Å²) >= 11 is 0. The molecule has 3 N–H and O–H groups in total. The summed E-state index contributed by atoms with van der Waals surface area (Å²) in [4.78, 5) is 13.3. The first-order valence-corrected chi connectivity index (χ1v) is 6.50. The Kier molecular flexibility index (Phi) is 4.20. The number of nitrogens with two attached hydrogens (primary N) is 1. The van der Waals surface area contributed by atoms with E-state index in [2.05, 4.69) is 36.5 Å². The van der Waals surface area contributed by atoms with Gasteiger partial charge in [-0.1, -0.05) is 12.1 Å². The Morgan fingerprint density at radius 2 is 2.17 bits per heavy atom. The van der Waals surface area contributed by atoms with Crippen LogP contribution in [0.15, 0.2) is 24.3 Å². The van der Waals surface area contributed by atoms with Gasteiger partial charge in [-0.05, 0) is 37.5 Å². The van der Waals surface area contributed by atoms with Crippen LogP contribution in [0.25, 0.3) is 0 Å². The quantitative estimate of drug-likeness (QED) is 0.848. The van der Waals surface area contributed by atoms with Crippen LogP contribution in [0.2, 0.25) is 0 Å². The van der Waals surface area contributed by atoms with E-state index >= 15 is 0 Å². The highest BCUT2D eigenvalue weighted by Gasteiger charge is 2.21. The molecule has 4 nitrogen and oxygen atoms in total. The molecule has 0 spiro atoms. The zero-order valence-electron chi connectivity index (χ0n) is 10.9. The molecule has 18 heavy (non-hydrogen) atoms. The first kappa shape index (κ1) is 12.9. The molecule has 1 amide bonds. The lowest BCUT2D eigenvalue weighted by Gasteiger charge is -2.32. The van der Waals surface area contributed by atoms with Crippen LogP contribution in [0.3, 0.4) is 0 Å². The molecule has 0 saturated carbocycles. The topological polar surface area (TPSA) is 58.4 Å². The third-order valence-corrected chi connectivity index (χ3v) is 3.41. The fourth-order valence-corrected chi connectivity index (χ4v) is 2.37. The summed E-state index contributed by atoms with van der Waals surface area (Å²) in [6.07, 6.45) is 1.97. The Bertz CT molecular complexity index is 411. The largest absolute Gasteiger partial charge is 0.382 e. The number of hydrogen-bond donors (Lipinski definition) is 2. The van der Waals surface area contributed by atoms with E-state index in [4.69, 9.17) is 5.73 Å². The van der Waals surface area contributed by atoms with Gasteiger partial charge in [0.05, 0.1) is 6.54 Å². The molecule has 1 aliphatic heterocycles. The summed E-state index contributed by atoms with van der Waals surface area (Å²) in [7, 11) is 0. The number of hydrogen-bond acceptors (Lipinski definition) is 3. The second-order valence-corrected chi connectivity index (χ2v) is 4.87. The van der Waals surface area contributed by atoms with Crippen LogP contribution >= 0.6 is 0 Å². The Balaban J connectivity index is 1.85. The monoisotopic (exact) mass is 247 g/mol. The van der Waals surface area contributed by atoms with E-state index in [9.17, 15) is 4.79 Å². The van der Waals surface area contributed by atoms with Crippen LogP contribution < -0.4 is 11.1 Å². The maximum absolute atomic E-state index is 11.5. The van der Waals surface area contributed by atoms with E-state index < -0.39 is 0 Å². The summed E-state index contributed by atoms with van der Waals surface area (Å²) in [5.74, 6) is 0.0593. The average molecular weight is 247 g/mol. The molecule has 1 heterocycles. The molecule has 0 aromatic heterocycles.